The Kier molecular flexibility index (Phi) is 2.99. The first-order chi connectivity index (χ1) is 8.45. The Balaban J connectivity index is 2.47. The summed E-state index contributed by atoms with van der Waals surface area (Å²) in [5.41, 5.74) is -0.630. The molecule has 2 rings (SSSR count). The van der Waals surface area contributed by atoms with Gasteiger partial charge in [-0.05, 0) is 0 Å². The molecule has 1 atom stereocenters. The predicted octanol–water partition coefficient (Wildman–Crippen LogP) is 2.23. The molecular weight excluding hydrogens is 250 g/mol. The number of hydrogen-bond acceptors (Lipinski definition) is 1. The fourth-order valence-corrected chi connectivity index (χ4v) is 1.81. The Morgan fingerprint density at radius 3 is 2.44 bits per heavy atom. The van der Waals surface area contributed by atoms with E-state index in [9.17, 15) is 22.4 Å². The van der Waals surface area contributed by atoms with Crippen LogP contribution in [0.4, 0.5) is 23.2 Å². The fourth-order valence-electron chi connectivity index (χ4n) is 1.81. The van der Waals surface area contributed by atoms with Crippen molar-refractivity contribution in [3.05, 3.63) is 29.3 Å². The molecule has 6 heteroatoms. The smallest absolute Gasteiger partial charge is 0.228 e. The van der Waals surface area contributed by atoms with Gasteiger partial charge in [0.25, 0.3) is 0 Å². The number of benzene rings is 1. The van der Waals surface area contributed by atoms with E-state index < -0.39 is 40.8 Å². The van der Waals surface area contributed by atoms with E-state index in [1.54, 1.807) is 0 Å². The van der Waals surface area contributed by atoms with E-state index in [1.807, 2.05) is 0 Å². The van der Waals surface area contributed by atoms with E-state index in [2.05, 4.69) is 5.92 Å². The van der Waals surface area contributed by atoms with E-state index in [0.717, 1.165) is 4.90 Å². The molecule has 1 aromatic rings. The second-order valence-electron chi connectivity index (χ2n) is 3.89. The number of anilines is 1. The van der Waals surface area contributed by atoms with Crippen LogP contribution >= 0.6 is 0 Å². The van der Waals surface area contributed by atoms with Gasteiger partial charge in [-0.1, -0.05) is 0 Å². The SMILES string of the molecule is C#CC1CC(=O)N(c2cc(F)c(F)c(F)c2F)C1. The predicted molar refractivity (Wildman–Crippen MR) is 55.6 cm³/mol. The van der Waals surface area contributed by atoms with Crippen molar-refractivity contribution in [3.8, 4) is 12.3 Å². The van der Waals surface area contributed by atoms with E-state index in [-0.39, 0.29) is 13.0 Å². The highest BCUT2D eigenvalue weighted by Crippen LogP contribution is 2.30. The molecule has 1 heterocycles. The van der Waals surface area contributed by atoms with Crippen LogP contribution in [0.1, 0.15) is 6.42 Å². The van der Waals surface area contributed by atoms with E-state index in [0.29, 0.717) is 6.07 Å². The zero-order valence-corrected chi connectivity index (χ0v) is 9.01. The molecule has 1 unspecified atom stereocenters. The number of amides is 1. The first kappa shape index (κ1) is 12.4. The quantitative estimate of drug-likeness (QED) is 0.327. The van der Waals surface area contributed by atoms with Gasteiger partial charge >= 0.3 is 0 Å². The lowest BCUT2D eigenvalue weighted by molar-refractivity contribution is -0.117. The third kappa shape index (κ3) is 1.82. The topological polar surface area (TPSA) is 20.3 Å². The van der Waals surface area contributed by atoms with Crippen LogP contribution in [0.3, 0.4) is 0 Å². The molecule has 0 aromatic heterocycles. The number of carbonyl (C=O) groups excluding carboxylic acids is 1. The molecule has 1 aliphatic rings. The maximum absolute atomic E-state index is 13.5. The summed E-state index contributed by atoms with van der Waals surface area (Å²) in [6.45, 7) is -0.0449. The van der Waals surface area contributed by atoms with Crippen LogP contribution in [0.2, 0.25) is 0 Å². The summed E-state index contributed by atoms with van der Waals surface area (Å²) in [5, 5.41) is 0. The van der Waals surface area contributed by atoms with Gasteiger partial charge in [0, 0.05) is 24.9 Å². The Bertz CT molecular complexity index is 564. The monoisotopic (exact) mass is 257 g/mol. The van der Waals surface area contributed by atoms with Gasteiger partial charge in [-0.15, -0.1) is 12.3 Å². The van der Waals surface area contributed by atoms with Gasteiger partial charge in [0.05, 0.1) is 5.69 Å². The standard InChI is InChI=1S/C12H7F4NO/c1-2-6-3-9(18)17(5-6)8-4-7(13)10(14)12(16)11(8)15/h1,4,6H,3,5H2. The average Bonchev–Trinajstić information content (AvgIpc) is 2.72. The molecule has 2 nitrogen and oxygen atoms in total. The van der Waals surface area contributed by atoms with Gasteiger partial charge < -0.3 is 4.90 Å². The van der Waals surface area contributed by atoms with Crippen molar-refractivity contribution in [2.45, 2.75) is 6.42 Å². The van der Waals surface area contributed by atoms with E-state index >= 15 is 0 Å². The highest BCUT2D eigenvalue weighted by atomic mass is 19.2. The average molecular weight is 257 g/mol. The van der Waals surface area contributed by atoms with Crippen LogP contribution in [0.15, 0.2) is 6.07 Å². The number of nitrogens with zero attached hydrogens (tertiary/aromatic N) is 1. The van der Waals surface area contributed by atoms with E-state index in [4.69, 9.17) is 6.42 Å². The van der Waals surface area contributed by atoms with Gasteiger partial charge in [-0.2, -0.15) is 0 Å². The number of hydrogen-bond donors (Lipinski definition) is 0. The third-order valence-electron chi connectivity index (χ3n) is 2.73. The zero-order valence-electron chi connectivity index (χ0n) is 9.01. The zero-order chi connectivity index (χ0) is 13.4. The minimum Gasteiger partial charge on any atom is -0.308 e. The van der Waals surface area contributed by atoms with Gasteiger partial charge in [0.1, 0.15) is 0 Å². The summed E-state index contributed by atoms with van der Waals surface area (Å²) >= 11 is 0. The van der Waals surface area contributed by atoms with Crippen LogP contribution < -0.4 is 4.90 Å². The molecule has 1 amide bonds. The fraction of sp³-hybridized carbons (Fsp3) is 0.250. The molecule has 0 aliphatic carbocycles. The Morgan fingerprint density at radius 2 is 1.89 bits per heavy atom. The van der Waals surface area contributed by atoms with Crippen molar-refractivity contribution in [2.24, 2.45) is 5.92 Å². The molecule has 0 N–H and O–H groups in total. The summed E-state index contributed by atoms with van der Waals surface area (Å²) in [6.07, 6.45) is 5.10. The maximum Gasteiger partial charge on any atom is 0.228 e. The first-order valence-corrected chi connectivity index (χ1v) is 5.05. The molecule has 1 fully saturated rings. The van der Waals surface area contributed by atoms with Crippen molar-refractivity contribution in [2.75, 3.05) is 11.4 Å². The Morgan fingerprint density at radius 1 is 1.22 bits per heavy atom. The lowest BCUT2D eigenvalue weighted by Gasteiger charge is -2.17. The number of carbonyl (C=O) groups is 1. The highest BCUT2D eigenvalue weighted by Gasteiger charge is 2.33. The highest BCUT2D eigenvalue weighted by molar-refractivity contribution is 5.96. The molecule has 1 aliphatic heterocycles. The summed E-state index contributed by atoms with van der Waals surface area (Å²) in [7, 11) is 0. The van der Waals surface area contributed by atoms with Crippen molar-refractivity contribution in [3.63, 3.8) is 0 Å². The summed E-state index contributed by atoms with van der Waals surface area (Å²) in [5.74, 6) is -5.70. The molecule has 18 heavy (non-hydrogen) atoms. The van der Waals surface area contributed by atoms with Crippen LogP contribution in [-0.2, 0) is 4.79 Å². The molecule has 0 spiro atoms. The van der Waals surface area contributed by atoms with Crippen molar-refractivity contribution in [1.29, 1.82) is 0 Å². The normalized spacial score (nSPS) is 19.2. The molecule has 1 aromatic carbocycles. The Hall–Kier alpha value is -2.03. The molecule has 0 radical (unpaired) electrons. The molecular formula is C12H7F4NO. The molecule has 0 saturated carbocycles. The molecule has 0 bridgehead atoms. The van der Waals surface area contributed by atoms with Crippen LogP contribution in [0.5, 0.6) is 0 Å². The summed E-state index contributed by atoms with van der Waals surface area (Å²) in [4.78, 5) is 12.4. The summed E-state index contributed by atoms with van der Waals surface area (Å²) in [6, 6.07) is 0.449. The van der Waals surface area contributed by atoms with E-state index in [1.165, 1.54) is 0 Å². The van der Waals surface area contributed by atoms with Gasteiger partial charge in [-0.25, -0.2) is 17.6 Å². The number of terminal acetylenes is 1. The molecule has 94 valence electrons. The second kappa shape index (κ2) is 4.33. The minimum atomic E-state index is -1.94. The van der Waals surface area contributed by atoms with Crippen molar-refractivity contribution in [1.82, 2.24) is 0 Å². The number of rotatable bonds is 1. The third-order valence-corrected chi connectivity index (χ3v) is 2.73. The largest absolute Gasteiger partial charge is 0.308 e. The Labute approximate surface area is 100 Å². The number of halogens is 4. The van der Waals surface area contributed by atoms with Gasteiger partial charge in [0.15, 0.2) is 23.3 Å². The lowest BCUT2D eigenvalue weighted by Crippen LogP contribution is -2.26. The summed E-state index contributed by atoms with van der Waals surface area (Å²) < 4.78 is 52.3. The lowest BCUT2D eigenvalue weighted by atomic mass is 10.1. The van der Waals surface area contributed by atoms with Gasteiger partial charge in [-0.3, -0.25) is 4.79 Å². The van der Waals surface area contributed by atoms with Crippen LogP contribution in [-0.4, -0.2) is 12.5 Å². The van der Waals surface area contributed by atoms with Crippen LogP contribution in [0.25, 0.3) is 0 Å². The minimum absolute atomic E-state index is 0.0312. The second-order valence-corrected chi connectivity index (χ2v) is 3.89. The van der Waals surface area contributed by atoms with Gasteiger partial charge in [0.2, 0.25) is 5.91 Å². The van der Waals surface area contributed by atoms with Crippen LogP contribution in [0, 0.1) is 41.5 Å². The first-order valence-electron chi connectivity index (χ1n) is 5.05. The maximum atomic E-state index is 13.5. The van der Waals surface area contributed by atoms with Crippen molar-refractivity contribution < 1.29 is 22.4 Å². The van der Waals surface area contributed by atoms with Crippen molar-refractivity contribution >= 4 is 11.6 Å². The molecule has 1 saturated heterocycles.